The number of nitrogens with zero attached hydrogens (tertiary/aromatic N) is 1. The van der Waals surface area contributed by atoms with Crippen LogP contribution in [0.3, 0.4) is 0 Å². The van der Waals surface area contributed by atoms with E-state index in [2.05, 4.69) is 0 Å². The van der Waals surface area contributed by atoms with Crippen molar-refractivity contribution >= 4 is 16.2 Å². The van der Waals surface area contributed by atoms with E-state index in [1.54, 1.807) is 4.90 Å². The van der Waals surface area contributed by atoms with Gasteiger partial charge >= 0.3 is 6.09 Å². The highest BCUT2D eigenvalue weighted by atomic mass is 32.2. The molecule has 1 saturated heterocycles. The summed E-state index contributed by atoms with van der Waals surface area (Å²) in [6, 6.07) is 0. The van der Waals surface area contributed by atoms with Gasteiger partial charge in [0.05, 0.1) is 12.9 Å². The molecule has 1 amide bonds. The minimum Gasteiger partial charge on any atom is -0.444 e. The number of likely N-dealkylation sites (tertiary alicyclic amines) is 1. The summed E-state index contributed by atoms with van der Waals surface area (Å²) in [5, 5.41) is 0. The third kappa shape index (κ3) is 8.26. The second kappa shape index (κ2) is 7.45. The highest BCUT2D eigenvalue weighted by molar-refractivity contribution is 7.85. The molecule has 1 rings (SSSR count). The van der Waals surface area contributed by atoms with Crippen molar-refractivity contribution in [1.29, 1.82) is 0 Å². The molecule has 0 aromatic carbocycles. The topological polar surface area (TPSA) is 72.9 Å². The molecule has 0 spiro atoms. The molecular weight excluding hydrogens is 294 g/mol. The van der Waals surface area contributed by atoms with E-state index in [9.17, 15) is 13.2 Å². The van der Waals surface area contributed by atoms with E-state index in [4.69, 9.17) is 8.92 Å². The smallest absolute Gasteiger partial charge is 0.410 e. The predicted molar refractivity (Wildman–Crippen MR) is 80.6 cm³/mol. The van der Waals surface area contributed by atoms with Crippen molar-refractivity contribution in [2.75, 3.05) is 26.0 Å². The number of ether oxygens (including phenoxy) is 1. The molecule has 7 heteroatoms. The molecule has 1 unspecified atom stereocenters. The predicted octanol–water partition coefficient (Wildman–Crippen LogP) is 2.39. The first-order valence-corrected chi connectivity index (χ1v) is 9.21. The average molecular weight is 321 g/mol. The van der Waals surface area contributed by atoms with Crippen molar-refractivity contribution < 1.29 is 22.1 Å². The van der Waals surface area contributed by atoms with Gasteiger partial charge in [-0.2, -0.15) is 8.42 Å². The molecule has 0 aliphatic carbocycles. The lowest BCUT2D eigenvalue weighted by atomic mass is 9.98. The lowest BCUT2D eigenvalue weighted by Gasteiger charge is -2.26. The second-order valence-corrected chi connectivity index (χ2v) is 8.22. The first-order chi connectivity index (χ1) is 9.57. The van der Waals surface area contributed by atoms with E-state index < -0.39 is 15.7 Å². The fourth-order valence-electron chi connectivity index (χ4n) is 2.33. The van der Waals surface area contributed by atoms with Gasteiger partial charge in [0, 0.05) is 13.1 Å². The van der Waals surface area contributed by atoms with Gasteiger partial charge < -0.3 is 9.64 Å². The minimum atomic E-state index is -3.36. The molecule has 0 aromatic heterocycles. The molecule has 0 saturated carbocycles. The van der Waals surface area contributed by atoms with E-state index in [-0.39, 0.29) is 12.7 Å². The van der Waals surface area contributed by atoms with Crippen LogP contribution in [0, 0.1) is 5.92 Å². The lowest BCUT2D eigenvalue weighted by Crippen LogP contribution is -2.37. The summed E-state index contributed by atoms with van der Waals surface area (Å²) in [6.07, 6.45) is 4.23. The van der Waals surface area contributed by atoms with Crippen molar-refractivity contribution in [2.45, 2.75) is 52.1 Å². The third-order valence-electron chi connectivity index (χ3n) is 3.32. The highest BCUT2D eigenvalue weighted by Crippen LogP contribution is 2.22. The van der Waals surface area contributed by atoms with Gasteiger partial charge in [-0.3, -0.25) is 4.18 Å². The Kier molecular flexibility index (Phi) is 6.46. The van der Waals surface area contributed by atoms with Crippen molar-refractivity contribution in [3.63, 3.8) is 0 Å². The van der Waals surface area contributed by atoms with E-state index >= 15 is 0 Å². The number of carbonyl (C=O) groups excluding carboxylic acids is 1. The summed E-state index contributed by atoms with van der Waals surface area (Å²) in [6.45, 7) is 7.13. The molecule has 0 aromatic rings. The number of hydrogen-bond acceptors (Lipinski definition) is 5. The monoisotopic (exact) mass is 321 g/mol. The van der Waals surface area contributed by atoms with Crippen molar-refractivity contribution in [3.8, 4) is 0 Å². The van der Waals surface area contributed by atoms with Gasteiger partial charge in [0.25, 0.3) is 10.1 Å². The van der Waals surface area contributed by atoms with Crippen LogP contribution in [0.5, 0.6) is 0 Å². The van der Waals surface area contributed by atoms with Gasteiger partial charge in [-0.1, -0.05) is 0 Å². The van der Waals surface area contributed by atoms with Crippen LogP contribution >= 0.6 is 0 Å². The number of amides is 1. The Balaban J connectivity index is 2.38. The fourth-order valence-corrected chi connectivity index (χ4v) is 2.73. The van der Waals surface area contributed by atoms with Gasteiger partial charge in [0.2, 0.25) is 0 Å². The SMILES string of the molecule is CC(C)(C)OC(=O)N1CCCC(CCOS(C)(=O)=O)CC1. The Morgan fingerprint density at radius 3 is 2.48 bits per heavy atom. The molecule has 6 nitrogen and oxygen atoms in total. The maximum absolute atomic E-state index is 12.0. The van der Waals surface area contributed by atoms with Gasteiger partial charge in [-0.15, -0.1) is 0 Å². The molecular formula is C14H27NO5S. The van der Waals surface area contributed by atoms with Gasteiger partial charge in [0.1, 0.15) is 5.60 Å². The van der Waals surface area contributed by atoms with Gasteiger partial charge in [-0.05, 0) is 52.4 Å². The summed E-state index contributed by atoms with van der Waals surface area (Å²) in [5.41, 5.74) is -0.480. The largest absolute Gasteiger partial charge is 0.444 e. The molecule has 1 heterocycles. The Morgan fingerprint density at radius 1 is 1.24 bits per heavy atom. The molecule has 1 aliphatic rings. The van der Waals surface area contributed by atoms with E-state index in [0.29, 0.717) is 25.4 Å². The van der Waals surface area contributed by atoms with Gasteiger partial charge in [-0.25, -0.2) is 4.79 Å². The number of carbonyl (C=O) groups is 1. The first-order valence-electron chi connectivity index (χ1n) is 7.39. The Hall–Kier alpha value is -0.820. The van der Waals surface area contributed by atoms with Crippen LogP contribution in [-0.2, 0) is 19.0 Å². The van der Waals surface area contributed by atoms with Crippen LogP contribution in [0.15, 0.2) is 0 Å². The summed E-state index contributed by atoms with van der Waals surface area (Å²) in [7, 11) is -3.36. The molecule has 124 valence electrons. The quantitative estimate of drug-likeness (QED) is 0.743. The third-order valence-corrected chi connectivity index (χ3v) is 3.92. The Bertz CT molecular complexity index is 441. The number of rotatable bonds is 4. The molecule has 21 heavy (non-hydrogen) atoms. The zero-order valence-corrected chi connectivity index (χ0v) is 14.2. The van der Waals surface area contributed by atoms with Crippen molar-refractivity contribution in [3.05, 3.63) is 0 Å². The van der Waals surface area contributed by atoms with Crippen LogP contribution in [0.1, 0.15) is 46.5 Å². The van der Waals surface area contributed by atoms with E-state index in [1.807, 2.05) is 20.8 Å². The summed E-state index contributed by atoms with van der Waals surface area (Å²) in [5.74, 6) is 0.388. The van der Waals surface area contributed by atoms with Gasteiger partial charge in [0.15, 0.2) is 0 Å². The maximum Gasteiger partial charge on any atom is 0.410 e. The fraction of sp³-hybridized carbons (Fsp3) is 0.929. The maximum atomic E-state index is 12.0. The zero-order valence-electron chi connectivity index (χ0n) is 13.4. The zero-order chi connectivity index (χ0) is 16.1. The van der Waals surface area contributed by atoms with Crippen LogP contribution < -0.4 is 0 Å². The second-order valence-electron chi connectivity index (χ2n) is 6.58. The van der Waals surface area contributed by atoms with Crippen molar-refractivity contribution in [1.82, 2.24) is 4.90 Å². The standard InChI is InChI=1S/C14H27NO5S/c1-14(2,3)20-13(16)15-9-5-6-12(7-10-15)8-11-19-21(4,17)18/h12H,5-11H2,1-4H3. The highest BCUT2D eigenvalue weighted by Gasteiger charge is 2.25. The molecule has 1 atom stereocenters. The first kappa shape index (κ1) is 18.2. The van der Waals surface area contributed by atoms with Crippen molar-refractivity contribution in [2.24, 2.45) is 5.92 Å². The van der Waals surface area contributed by atoms with Crippen LogP contribution in [0.25, 0.3) is 0 Å². The lowest BCUT2D eigenvalue weighted by molar-refractivity contribution is 0.0255. The summed E-state index contributed by atoms with van der Waals surface area (Å²) in [4.78, 5) is 13.8. The van der Waals surface area contributed by atoms with Crippen LogP contribution in [-0.4, -0.2) is 51.0 Å². The van der Waals surface area contributed by atoms with E-state index in [0.717, 1.165) is 25.5 Å². The Morgan fingerprint density at radius 2 is 1.90 bits per heavy atom. The van der Waals surface area contributed by atoms with Crippen LogP contribution in [0.2, 0.25) is 0 Å². The molecule has 1 fully saturated rings. The molecule has 0 radical (unpaired) electrons. The van der Waals surface area contributed by atoms with E-state index in [1.165, 1.54) is 0 Å². The summed E-state index contributed by atoms with van der Waals surface area (Å²) < 4.78 is 32.0. The minimum absolute atomic E-state index is 0.218. The normalized spacial score (nSPS) is 21.0. The number of hydrogen-bond donors (Lipinski definition) is 0. The van der Waals surface area contributed by atoms with Crippen LogP contribution in [0.4, 0.5) is 4.79 Å². The average Bonchev–Trinajstić information content (AvgIpc) is 2.50. The summed E-state index contributed by atoms with van der Waals surface area (Å²) >= 11 is 0. The molecule has 0 bridgehead atoms. The molecule has 1 aliphatic heterocycles. The molecule has 0 N–H and O–H groups in total. The Labute approximate surface area is 127 Å².